The third-order valence-electron chi connectivity index (χ3n) is 11.1. The number of aliphatic hydroxyl groups is 1. The zero-order valence-electron chi connectivity index (χ0n) is 42.4. The monoisotopic (exact) mass is 927 g/mol. The molecule has 0 aliphatic heterocycles. The number of nitrogens with one attached hydrogen (secondary N) is 1. The molecule has 0 rings (SSSR count). The van der Waals surface area contributed by atoms with Crippen molar-refractivity contribution < 1.29 is 32.9 Å². The molecule has 9 heteroatoms. The van der Waals surface area contributed by atoms with E-state index in [0.29, 0.717) is 30.3 Å². The van der Waals surface area contributed by atoms with Crippen molar-refractivity contribution in [3.8, 4) is 0 Å². The summed E-state index contributed by atoms with van der Waals surface area (Å²) in [4.78, 5) is 25.4. The Morgan fingerprint density at radius 2 is 0.938 bits per heavy atom. The number of hydrogen-bond acceptors (Lipinski definition) is 6. The van der Waals surface area contributed by atoms with Crippen LogP contribution in [0, 0.1) is 0 Å². The largest absolute Gasteiger partial charge is 0.756 e. The fourth-order valence-electron chi connectivity index (χ4n) is 7.00. The van der Waals surface area contributed by atoms with E-state index in [-0.39, 0.29) is 19.1 Å². The number of quaternary nitrogens is 1. The summed E-state index contributed by atoms with van der Waals surface area (Å²) in [6.45, 7) is 4.56. The predicted octanol–water partition coefficient (Wildman–Crippen LogP) is 14.8. The molecule has 3 atom stereocenters. The molecule has 0 aromatic heterocycles. The molecule has 374 valence electrons. The van der Waals surface area contributed by atoms with Gasteiger partial charge in [-0.15, -0.1) is 0 Å². The Balaban J connectivity index is 4.37. The van der Waals surface area contributed by atoms with Gasteiger partial charge in [-0.25, -0.2) is 0 Å². The van der Waals surface area contributed by atoms with Crippen molar-refractivity contribution in [3.05, 3.63) is 97.2 Å². The highest BCUT2D eigenvalue weighted by Gasteiger charge is 2.24. The smallest absolute Gasteiger partial charge is 0.268 e. The van der Waals surface area contributed by atoms with Gasteiger partial charge in [0, 0.05) is 6.42 Å². The summed E-state index contributed by atoms with van der Waals surface area (Å²) in [5.41, 5.74) is 0. The second-order valence-electron chi connectivity index (χ2n) is 18.5. The Hall–Kier alpha value is -2.58. The fourth-order valence-corrected chi connectivity index (χ4v) is 7.72. The van der Waals surface area contributed by atoms with Crippen LogP contribution in [-0.4, -0.2) is 68.5 Å². The Morgan fingerprint density at radius 1 is 0.554 bits per heavy atom. The summed E-state index contributed by atoms with van der Waals surface area (Å²) < 4.78 is 23.3. The average Bonchev–Trinajstić information content (AvgIpc) is 3.26. The van der Waals surface area contributed by atoms with E-state index < -0.39 is 20.0 Å². The maximum absolute atomic E-state index is 12.9. The van der Waals surface area contributed by atoms with Gasteiger partial charge in [0.15, 0.2) is 0 Å². The van der Waals surface area contributed by atoms with Crippen LogP contribution in [0.5, 0.6) is 0 Å². The molecule has 0 saturated heterocycles. The molecule has 2 N–H and O–H groups in total. The van der Waals surface area contributed by atoms with E-state index in [4.69, 9.17) is 9.05 Å². The predicted molar refractivity (Wildman–Crippen MR) is 279 cm³/mol. The van der Waals surface area contributed by atoms with Gasteiger partial charge in [0.25, 0.3) is 7.82 Å². The normalized spacial score (nSPS) is 14.9. The number of unbranched alkanes of at least 4 members (excludes halogenated alkanes) is 17. The van der Waals surface area contributed by atoms with Gasteiger partial charge in [-0.2, -0.15) is 0 Å². The fraction of sp³-hybridized carbons (Fsp3) is 0.696. The first-order valence-corrected chi connectivity index (χ1v) is 27.5. The lowest BCUT2D eigenvalue weighted by atomic mass is 10.0. The van der Waals surface area contributed by atoms with Gasteiger partial charge in [0.1, 0.15) is 13.2 Å². The number of carbonyl (C=O) groups is 1. The van der Waals surface area contributed by atoms with Crippen molar-refractivity contribution in [1.82, 2.24) is 5.32 Å². The van der Waals surface area contributed by atoms with E-state index in [2.05, 4.69) is 116 Å². The first-order valence-electron chi connectivity index (χ1n) is 26.1. The Bertz CT molecular complexity index is 1370. The zero-order chi connectivity index (χ0) is 47.8. The van der Waals surface area contributed by atoms with Crippen molar-refractivity contribution in [2.75, 3.05) is 40.9 Å². The minimum Gasteiger partial charge on any atom is -0.756 e. The number of hydrogen-bond donors (Lipinski definition) is 2. The molecular weight excluding hydrogens is 828 g/mol. The number of phosphoric ester groups is 1. The third kappa shape index (κ3) is 49.2. The molecule has 0 heterocycles. The topological polar surface area (TPSA) is 108 Å². The van der Waals surface area contributed by atoms with Crippen LogP contribution in [0.3, 0.4) is 0 Å². The molecule has 0 aromatic carbocycles. The second kappa shape index (κ2) is 46.5. The molecule has 0 aliphatic carbocycles. The van der Waals surface area contributed by atoms with Crippen molar-refractivity contribution >= 4 is 13.7 Å². The van der Waals surface area contributed by atoms with Gasteiger partial charge < -0.3 is 28.8 Å². The maximum atomic E-state index is 12.9. The van der Waals surface area contributed by atoms with Crippen molar-refractivity contribution in [2.24, 2.45) is 0 Å². The van der Waals surface area contributed by atoms with Gasteiger partial charge in [-0.3, -0.25) is 9.36 Å². The molecule has 0 saturated carbocycles. The summed E-state index contributed by atoms with van der Waals surface area (Å²) in [6.07, 6.45) is 65.7. The number of phosphoric acid groups is 1. The lowest BCUT2D eigenvalue weighted by Gasteiger charge is -2.30. The number of aliphatic hydroxyl groups excluding tert-OH is 1. The highest BCUT2D eigenvalue weighted by atomic mass is 31.2. The number of nitrogens with zero attached hydrogens (tertiary/aromatic N) is 1. The minimum atomic E-state index is -4.59. The molecule has 0 radical (unpaired) electrons. The Labute approximate surface area is 400 Å². The van der Waals surface area contributed by atoms with Gasteiger partial charge in [-0.05, 0) is 77.0 Å². The minimum absolute atomic E-state index is 0.00188. The van der Waals surface area contributed by atoms with Crippen LogP contribution in [0.15, 0.2) is 97.2 Å². The highest BCUT2D eigenvalue weighted by molar-refractivity contribution is 7.45. The highest BCUT2D eigenvalue weighted by Crippen LogP contribution is 2.38. The molecule has 8 nitrogen and oxygen atoms in total. The van der Waals surface area contributed by atoms with E-state index in [1.165, 1.54) is 83.5 Å². The average molecular weight is 927 g/mol. The van der Waals surface area contributed by atoms with E-state index >= 15 is 0 Å². The first kappa shape index (κ1) is 62.4. The quantitative estimate of drug-likeness (QED) is 0.0272. The summed E-state index contributed by atoms with van der Waals surface area (Å²) in [7, 11) is 1.26. The second-order valence-corrected chi connectivity index (χ2v) is 19.9. The van der Waals surface area contributed by atoms with Crippen LogP contribution in [0.4, 0.5) is 0 Å². The van der Waals surface area contributed by atoms with Crippen LogP contribution in [0.1, 0.15) is 200 Å². The molecule has 0 fully saturated rings. The number of amides is 1. The SMILES string of the molecule is CC/C=C\C/C=C\C/C=C\C/C=C\C/C=C\C/C=C\C/C=C\C/C=C\CCCCC(=O)NC(COP(=O)([O-])OCC[N+](C)(C)C)C(O)CCCCCCCCCCCCCCCCCC. The maximum Gasteiger partial charge on any atom is 0.268 e. The van der Waals surface area contributed by atoms with Gasteiger partial charge in [0.2, 0.25) is 5.91 Å². The third-order valence-corrected chi connectivity index (χ3v) is 12.1. The van der Waals surface area contributed by atoms with Gasteiger partial charge in [-0.1, -0.05) is 214 Å². The Kier molecular flexibility index (Phi) is 44.7. The number of rotatable bonds is 46. The van der Waals surface area contributed by atoms with Crippen LogP contribution >= 0.6 is 7.82 Å². The van der Waals surface area contributed by atoms with Crippen LogP contribution < -0.4 is 10.2 Å². The molecule has 0 spiro atoms. The molecule has 3 unspecified atom stereocenters. The zero-order valence-corrected chi connectivity index (χ0v) is 43.3. The first-order chi connectivity index (χ1) is 31.5. The van der Waals surface area contributed by atoms with Crippen LogP contribution in [0.2, 0.25) is 0 Å². The van der Waals surface area contributed by atoms with E-state index in [0.717, 1.165) is 83.5 Å². The van der Waals surface area contributed by atoms with Crippen LogP contribution in [0.25, 0.3) is 0 Å². The van der Waals surface area contributed by atoms with E-state index in [1.807, 2.05) is 21.1 Å². The molecule has 1 amide bonds. The van der Waals surface area contributed by atoms with Crippen LogP contribution in [-0.2, 0) is 18.4 Å². The summed E-state index contributed by atoms with van der Waals surface area (Å²) in [5.74, 6) is -0.211. The number of likely N-dealkylation sites (N-methyl/N-ethyl adjacent to an activating group) is 1. The Morgan fingerprint density at radius 3 is 1.34 bits per heavy atom. The molecular formula is C56H99N2O6P. The number of allylic oxidation sites excluding steroid dienone is 16. The van der Waals surface area contributed by atoms with E-state index in [9.17, 15) is 19.4 Å². The molecule has 0 aromatic rings. The van der Waals surface area contributed by atoms with E-state index in [1.54, 1.807) is 0 Å². The lowest BCUT2D eigenvalue weighted by Crippen LogP contribution is -2.46. The summed E-state index contributed by atoms with van der Waals surface area (Å²) >= 11 is 0. The molecule has 65 heavy (non-hydrogen) atoms. The van der Waals surface area contributed by atoms with Crippen molar-refractivity contribution in [2.45, 2.75) is 212 Å². The summed E-state index contributed by atoms with van der Waals surface area (Å²) in [5, 5.41) is 13.9. The standard InChI is InChI=1S/C56H99N2O6P/c1-6-8-10-12-14-16-18-20-22-24-25-26-27-28-29-30-31-32-33-34-36-38-40-42-44-46-48-50-56(60)57-54(53-64-65(61,62)63-52-51-58(3,4)5)55(59)49-47-45-43-41-39-37-35-23-21-19-17-15-13-11-9-7-2/h8,10,14,16,20,22,25-26,28-29,31-32,34,36,40,42,54-55,59H,6-7,9,11-13,15,17-19,21,23-24,27,30,33,35,37-39,41,43-53H2,1-5H3,(H-,57,60,61,62)/b10-8-,16-14-,22-20-,26-25-,29-28-,32-31-,36-34-,42-40-. The van der Waals surface area contributed by atoms with Gasteiger partial charge in [0.05, 0.1) is 39.9 Å². The van der Waals surface area contributed by atoms with Crippen molar-refractivity contribution in [3.63, 3.8) is 0 Å². The number of carbonyl (C=O) groups excluding carboxylic acids is 1. The molecule has 0 aliphatic rings. The lowest BCUT2D eigenvalue weighted by molar-refractivity contribution is -0.870. The summed E-state index contributed by atoms with van der Waals surface area (Å²) in [6, 6.07) is -0.831. The molecule has 0 bridgehead atoms. The van der Waals surface area contributed by atoms with Gasteiger partial charge >= 0.3 is 0 Å². The van der Waals surface area contributed by atoms with Crippen molar-refractivity contribution in [1.29, 1.82) is 0 Å².